The van der Waals surface area contributed by atoms with E-state index in [1.807, 2.05) is 0 Å². The number of aliphatic hydroxyl groups is 1. The van der Waals surface area contributed by atoms with Gasteiger partial charge in [-0.05, 0) is 85.9 Å². The standard InChI is InChI=1S/C31H54ClNO2/c1-4-5-6-7-8-9-10-11-12-23-13-14-26-25-22-29(35)33(19-20-34)28-21-24(32)15-17-31(28,3)27(25)16-18-30(23,26)2/h23-28,34H,4-22H2,1-3H3/t23?,24-,25?,26?,27?,28-,30?,31?/m0/s1. The summed E-state index contributed by atoms with van der Waals surface area (Å²) in [4.78, 5) is 15.7. The van der Waals surface area contributed by atoms with Crippen molar-refractivity contribution in [1.82, 2.24) is 4.90 Å². The minimum absolute atomic E-state index is 0.0580. The Labute approximate surface area is 221 Å². The average Bonchev–Trinajstić information content (AvgIpc) is 3.13. The van der Waals surface area contributed by atoms with Crippen molar-refractivity contribution >= 4 is 17.5 Å². The summed E-state index contributed by atoms with van der Waals surface area (Å²) in [6.07, 6.45) is 21.7. The summed E-state index contributed by atoms with van der Waals surface area (Å²) in [7, 11) is 0. The quantitative estimate of drug-likeness (QED) is 0.227. The smallest absolute Gasteiger partial charge is 0.223 e. The third-order valence-electron chi connectivity index (χ3n) is 11.6. The maximum Gasteiger partial charge on any atom is 0.223 e. The fourth-order valence-electron chi connectivity index (χ4n) is 9.56. The number of unbranched alkanes of at least 4 members (excludes halogenated alkanes) is 7. The van der Waals surface area contributed by atoms with Crippen LogP contribution in [-0.2, 0) is 4.79 Å². The van der Waals surface area contributed by atoms with Crippen LogP contribution in [0.15, 0.2) is 0 Å². The summed E-state index contributed by atoms with van der Waals surface area (Å²) in [5.41, 5.74) is 0.568. The van der Waals surface area contributed by atoms with Crippen molar-refractivity contribution in [2.45, 2.75) is 141 Å². The second-order valence-electron chi connectivity index (χ2n) is 13.4. The number of rotatable bonds is 11. The van der Waals surface area contributed by atoms with Crippen LogP contribution < -0.4 is 0 Å². The minimum Gasteiger partial charge on any atom is -0.395 e. The molecule has 1 N–H and O–H groups in total. The van der Waals surface area contributed by atoms with E-state index in [4.69, 9.17) is 11.6 Å². The molecule has 1 amide bonds. The Kier molecular flexibility index (Phi) is 9.56. The van der Waals surface area contributed by atoms with E-state index in [0.717, 1.165) is 25.2 Å². The van der Waals surface area contributed by atoms with Gasteiger partial charge in [0.25, 0.3) is 0 Å². The molecule has 0 radical (unpaired) electrons. The number of halogens is 1. The molecule has 8 atom stereocenters. The van der Waals surface area contributed by atoms with Gasteiger partial charge in [-0.25, -0.2) is 0 Å². The zero-order chi connectivity index (χ0) is 25.1. The van der Waals surface area contributed by atoms with Gasteiger partial charge >= 0.3 is 0 Å². The fraction of sp³-hybridized carbons (Fsp3) is 0.968. The van der Waals surface area contributed by atoms with Crippen LogP contribution in [0, 0.1) is 34.5 Å². The first-order valence-corrected chi connectivity index (χ1v) is 15.8. The third kappa shape index (κ3) is 5.62. The highest BCUT2D eigenvalue weighted by molar-refractivity contribution is 6.20. The lowest BCUT2D eigenvalue weighted by molar-refractivity contribution is -0.137. The summed E-state index contributed by atoms with van der Waals surface area (Å²) in [6.45, 7) is 7.92. The van der Waals surface area contributed by atoms with Crippen LogP contribution in [0.4, 0.5) is 0 Å². The molecule has 0 spiro atoms. The molecule has 6 unspecified atom stereocenters. The largest absolute Gasteiger partial charge is 0.395 e. The Morgan fingerprint density at radius 3 is 2.29 bits per heavy atom. The summed E-state index contributed by atoms with van der Waals surface area (Å²) in [5, 5.41) is 9.96. The van der Waals surface area contributed by atoms with Crippen molar-refractivity contribution in [1.29, 1.82) is 0 Å². The first kappa shape index (κ1) is 27.7. The molecule has 4 rings (SSSR count). The highest BCUT2D eigenvalue weighted by Crippen LogP contribution is 2.65. The monoisotopic (exact) mass is 507 g/mol. The number of carbonyl (C=O) groups excluding carboxylic acids is 1. The van der Waals surface area contributed by atoms with Crippen LogP contribution in [0.2, 0.25) is 0 Å². The van der Waals surface area contributed by atoms with Crippen LogP contribution in [-0.4, -0.2) is 40.5 Å². The molecule has 35 heavy (non-hydrogen) atoms. The number of hydrogen-bond donors (Lipinski definition) is 1. The summed E-state index contributed by atoms with van der Waals surface area (Å²) < 4.78 is 0. The SMILES string of the molecule is CCCCCCCCCCC1CCC2C3CC(=O)N(CCO)[C@H]4C[C@@H](Cl)CCC4(C)C3CCC12C. The molecule has 1 aliphatic heterocycles. The van der Waals surface area contributed by atoms with Crippen molar-refractivity contribution in [3.63, 3.8) is 0 Å². The van der Waals surface area contributed by atoms with Gasteiger partial charge in [-0.15, -0.1) is 11.6 Å². The van der Waals surface area contributed by atoms with Gasteiger partial charge in [0.15, 0.2) is 0 Å². The maximum atomic E-state index is 13.6. The topological polar surface area (TPSA) is 40.5 Å². The zero-order valence-corrected chi connectivity index (χ0v) is 23.8. The van der Waals surface area contributed by atoms with Crippen LogP contribution in [0.25, 0.3) is 0 Å². The number of carbonyl (C=O) groups is 1. The van der Waals surface area contributed by atoms with E-state index in [-0.39, 0.29) is 23.4 Å². The predicted molar refractivity (Wildman–Crippen MR) is 147 cm³/mol. The molecule has 4 fully saturated rings. The van der Waals surface area contributed by atoms with Crippen LogP contribution in [0.1, 0.15) is 130 Å². The molecule has 0 bridgehead atoms. The van der Waals surface area contributed by atoms with Crippen molar-refractivity contribution in [3.05, 3.63) is 0 Å². The van der Waals surface area contributed by atoms with E-state index >= 15 is 0 Å². The van der Waals surface area contributed by atoms with Gasteiger partial charge in [0.2, 0.25) is 5.91 Å². The second kappa shape index (κ2) is 12.1. The van der Waals surface area contributed by atoms with Crippen LogP contribution >= 0.6 is 11.6 Å². The number of hydrogen-bond acceptors (Lipinski definition) is 2. The molecule has 0 aromatic heterocycles. The van der Waals surface area contributed by atoms with Gasteiger partial charge in [0.1, 0.15) is 0 Å². The number of amides is 1. The zero-order valence-electron chi connectivity index (χ0n) is 23.1. The normalized spacial score (nSPS) is 41.3. The molecule has 1 heterocycles. The van der Waals surface area contributed by atoms with E-state index in [1.165, 1.54) is 83.5 Å². The Bertz CT molecular complexity index is 699. The van der Waals surface area contributed by atoms with Gasteiger partial charge < -0.3 is 10.0 Å². The first-order valence-electron chi connectivity index (χ1n) is 15.4. The Morgan fingerprint density at radius 1 is 0.914 bits per heavy atom. The van der Waals surface area contributed by atoms with E-state index in [2.05, 4.69) is 25.7 Å². The summed E-state index contributed by atoms with van der Waals surface area (Å²) in [5.74, 6) is 2.99. The predicted octanol–water partition coefficient (Wildman–Crippen LogP) is 7.97. The number of fused-ring (bicyclic) bond motifs is 5. The average molecular weight is 508 g/mol. The molecule has 3 aliphatic carbocycles. The van der Waals surface area contributed by atoms with Gasteiger partial charge in [-0.2, -0.15) is 0 Å². The molecule has 3 saturated carbocycles. The molecule has 1 saturated heterocycles. The number of likely N-dealkylation sites (tertiary alicyclic amines) is 1. The van der Waals surface area contributed by atoms with E-state index in [1.54, 1.807) is 0 Å². The molecule has 202 valence electrons. The summed E-state index contributed by atoms with van der Waals surface area (Å²) >= 11 is 6.67. The Balaban J connectivity index is 1.42. The van der Waals surface area contributed by atoms with Crippen LogP contribution in [0.5, 0.6) is 0 Å². The lowest BCUT2D eigenvalue weighted by atomic mass is 9.50. The molecule has 0 aromatic carbocycles. The number of β-amino-alcohol motifs (C(OH)–C–C–N with tert-alkyl or cyclic N) is 1. The maximum absolute atomic E-state index is 13.6. The van der Waals surface area contributed by atoms with Crippen LogP contribution in [0.3, 0.4) is 0 Å². The highest BCUT2D eigenvalue weighted by atomic mass is 35.5. The van der Waals surface area contributed by atoms with Crippen molar-refractivity contribution < 1.29 is 9.90 Å². The lowest BCUT2D eigenvalue weighted by Crippen LogP contribution is -2.56. The number of nitrogens with zero attached hydrogens (tertiary/aromatic N) is 1. The molecule has 4 heteroatoms. The number of alkyl halides is 1. The minimum atomic E-state index is 0.0580. The fourth-order valence-corrected chi connectivity index (χ4v) is 9.84. The second-order valence-corrected chi connectivity index (χ2v) is 14.0. The van der Waals surface area contributed by atoms with E-state index in [9.17, 15) is 9.90 Å². The lowest BCUT2D eigenvalue weighted by Gasteiger charge is -2.56. The molecular weight excluding hydrogens is 454 g/mol. The Hall–Kier alpha value is -0.280. The molecule has 0 aromatic rings. The van der Waals surface area contributed by atoms with Gasteiger partial charge in [-0.1, -0.05) is 72.1 Å². The van der Waals surface area contributed by atoms with E-state index < -0.39 is 0 Å². The van der Waals surface area contributed by atoms with Gasteiger partial charge in [-0.3, -0.25) is 4.79 Å². The Morgan fingerprint density at radius 2 is 1.57 bits per heavy atom. The molecule has 3 nitrogen and oxygen atoms in total. The van der Waals surface area contributed by atoms with Crippen molar-refractivity contribution in [2.24, 2.45) is 34.5 Å². The van der Waals surface area contributed by atoms with Crippen molar-refractivity contribution in [2.75, 3.05) is 13.2 Å². The van der Waals surface area contributed by atoms with Crippen molar-refractivity contribution in [3.8, 4) is 0 Å². The van der Waals surface area contributed by atoms with E-state index in [0.29, 0.717) is 42.0 Å². The highest BCUT2D eigenvalue weighted by Gasteiger charge is 2.61. The first-order chi connectivity index (χ1) is 16.8. The third-order valence-corrected chi connectivity index (χ3v) is 12.0. The molecule has 4 aliphatic rings. The summed E-state index contributed by atoms with van der Waals surface area (Å²) in [6, 6.07) is 0.201. The van der Waals surface area contributed by atoms with Gasteiger partial charge in [0.05, 0.1) is 6.61 Å². The van der Waals surface area contributed by atoms with Gasteiger partial charge in [0, 0.05) is 24.4 Å². The number of aliphatic hydroxyl groups excluding tert-OH is 1. The molecular formula is C31H54ClNO2.